The molecular formula is C17H24N2O5S. The molecule has 2 aliphatic heterocycles. The average molecular weight is 368 g/mol. The first kappa shape index (κ1) is 18.0. The smallest absolute Gasteiger partial charge is 0.243 e. The van der Waals surface area contributed by atoms with Crippen molar-refractivity contribution >= 4 is 15.9 Å². The zero-order valence-electron chi connectivity index (χ0n) is 14.4. The second kappa shape index (κ2) is 7.61. The minimum atomic E-state index is -3.77. The van der Waals surface area contributed by atoms with Crippen LogP contribution in [0.4, 0.5) is 0 Å². The second-order valence-corrected chi connectivity index (χ2v) is 8.12. The fourth-order valence-electron chi connectivity index (χ4n) is 3.09. The van der Waals surface area contributed by atoms with Crippen LogP contribution in [0.2, 0.25) is 0 Å². The van der Waals surface area contributed by atoms with Crippen LogP contribution in [-0.4, -0.2) is 62.9 Å². The van der Waals surface area contributed by atoms with Gasteiger partial charge in [-0.1, -0.05) is 6.92 Å². The van der Waals surface area contributed by atoms with Gasteiger partial charge in [-0.2, -0.15) is 4.31 Å². The number of nitrogens with zero attached hydrogens (tertiary/aromatic N) is 2. The Hall–Kier alpha value is -1.80. The number of likely N-dealkylation sites (tertiary alicyclic amines) is 1. The van der Waals surface area contributed by atoms with Crippen molar-refractivity contribution in [3.8, 4) is 11.5 Å². The van der Waals surface area contributed by atoms with Gasteiger partial charge in [-0.15, -0.1) is 0 Å². The molecule has 0 spiro atoms. The maximum absolute atomic E-state index is 12.9. The van der Waals surface area contributed by atoms with Gasteiger partial charge in [0.25, 0.3) is 0 Å². The number of likely N-dealkylation sites (N-methyl/N-ethyl adjacent to an activating group) is 1. The predicted octanol–water partition coefficient (Wildman–Crippen LogP) is 1.48. The third kappa shape index (κ3) is 3.90. The second-order valence-electron chi connectivity index (χ2n) is 6.18. The number of carbonyl (C=O) groups excluding carboxylic acids is 1. The lowest BCUT2D eigenvalue weighted by atomic mass is 10.1. The lowest BCUT2D eigenvalue weighted by Crippen LogP contribution is -2.44. The predicted molar refractivity (Wildman–Crippen MR) is 92.3 cm³/mol. The van der Waals surface area contributed by atoms with Crippen LogP contribution in [0.25, 0.3) is 0 Å². The SMILES string of the molecule is CCN(CC(=O)N1CCCCC1)S(=O)(=O)c1ccc2c(c1)OCCO2. The van der Waals surface area contributed by atoms with E-state index in [0.717, 1.165) is 19.3 Å². The molecule has 0 aliphatic carbocycles. The van der Waals surface area contributed by atoms with E-state index in [4.69, 9.17) is 9.47 Å². The Morgan fingerprint density at radius 2 is 1.80 bits per heavy atom. The van der Waals surface area contributed by atoms with Crippen molar-refractivity contribution in [2.24, 2.45) is 0 Å². The van der Waals surface area contributed by atoms with Gasteiger partial charge in [-0.05, 0) is 31.4 Å². The van der Waals surface area contributed by atoms with Gasteiger partial charge in [0.2, 0.25) is 15.9 Å². The maximum Gasteiger partial charge on any atom is 0.243 e. The summed E-state index contributed by atoms with van der Waals surface area (Å²) >= 11 is 0. The summed E-state index contributed by atoms with van der Waals surface area (Å²) in [6.07, 6.45) is 3.08. The zero-order valence-corrected chi connectivity index (χ0v) is 15.3. The molecule has 1 aromatic carbocycles. The Bertz CT molecular complexity index is 729. The molecule has 0 atom stereocenters. The highest BCUT2D eigenvalue weighted by atomic mass is 32.2. The Kier molecular flexibility index (Phi) is 5.48. The van der Waals surface area contributed by atoms with Crippen LogP contribution in [0.1, 0.15) is 26.2 Å². The van der Waals surface area contributed by atoms with Crippen molar-refractivity contribution in [1.29, 1.82) is 0 Å². The largest absolute Gasteiger partial charge is 0.486 e. The van der Waals surface area contributed by atoms with Gasteiger partial charge in [0.05, 0.1) is 11.4 Å². The highest BCUT2D eigenvalue weighted by Crippen LogP contribution is 2.33. The average Bonchev–Trinajstić information content (AvgIpc) is 2.66. The lowest BCUT2D eigenvalue weighted by molar-refractivity contribution is -0.132. The molecule has 1 amide bonds. The van der Waals surface area contributed by atoms with Gasteiger partial charge < -0.3 is 14.4 Å². The first-order valence-corrected chi connectivity index (χ1v) is 10.1. The quantitative estimate of drug-likeness (QED) is 0.787. The van der Waals surface area contributed by atoms with E-state index in [0.29, 0.717) is 37.8 Å². The molecule has 0 saturated carbocycles. The topological polar surface area (TPSA) is 76.2 Å². The van der Waals surface area contributed by atoms with E-state index < -0.39 is 10.0 Å². The Morgan fingerprint density at radius 3 is 2.48 bits per heavy atom. The Morgan fingerprint density at radius 1 is 1.12 bits per heavy atom. The summed E-state index contributed by atoms with van der Waals surface area (Å²) in [5.74, 6) is 0.825. The van der Waals surface area contributed by atoms with Crippen molar-refractivity contribution in [3.63, 3.8) is 0 Å². The number of carbonyl (C=O) groups is 1. The molecule has 3 rings (SSSR count). The van der Waals surface area contributed by atoms with Crippen LogP contribution in [0, 0.1) is 0 Å². The maximum atomic E-state index is 12.9. The Balaban J connectivity index is 1.77. The van der Waals surface area contributed by atoms with Crippen LogP contribution in [0.3, 0.4) is 0 Å². The fourth-order valence-corrected chi connectivity index (χ4v) is 4.51. The molecule has 25 heavy (non-hydrogen) atoms. The molecule has 7 nitrogen and oxygen atoms in total. The molecule has 0 radical (unpaired) electrons. The van der Waals surface area contributed by atoms with Crippen molar-refractivity contribution in [3.05, 3.63) is 18.2 Å². The van der Waals surface area contributed by atoms with Crippen LogP contribution < -0.4 is 9.47 Å². The number of rotatable bonds is 5. The third-order valence-corrected chi connectivity index (χ3v) is 6.44. The highest BCUT2D eigenvalue weighted by Gasteiger charge is 2.29. The molecule has 2 heterocycles. The van der Waals surface area contributed by atoms with Gasteiger partial charge in [0, 0.05) is 25.7 Å². The fraction of sp³-hybridized carbons (Fsp3) is 0.588. The molecule has 0 unspecified atom stereocenters. The van der Waals surface area contributed by atoms with E-state index in [1.54, 1.807) is 17.9 Å². The number of amides is 1. The molecule has 0 bridgehead atoms. The standard InChI is InChI=1S/C17H24N2O5S/c1-2-19(13-17(20)18-8-4-3-5-9-18)25(21,22)14-6-7-15-16(12-14)24-11-10-23-15/h6-7,12H,2-5,8-11,13H2,1H3. The molecular weight excluding hydrogens is 344 g/mol. The van der Waals surface area contributed by atoms with Crippen molar-refractivity contribution in [1.82, 2.24) is 9.21 Å². The summed E-state index contributed by atoms with van der Waals surface area (Å²) in [5.41, 5.74) is 0. The number of benzene rings is 1. The van der Waals surface area contributed by atoms with Gasteiger partial charge in [-0.25, -0.2) is 8.42 Å². The molecule has 0 aromatic heterocycles. The molecule has 1 fully saturated rings. The molecule has 8 heteroatoms. The number of hydrogen-bond acceptors (Lipinski definition) is 5. The normalized spacial score (nSPS) is 17.6. The summed E-state index contributed by atoms with van der Waals surface area (Å²) in [5, 5.41) is 0. The summed E-state index contributed by atoms with van der Waals surface area (Å²) in [4.78, 5) is 14.3. The van der Waals surface area contributed by atoms with Gasteiger partial charge in [-0.3, -0.25) is 4.79 Å². The van der Waals surface area contributed by atoms with Crippen molar-refractivity contribution in [2.45, 2.75) is 31.1 Å². The van der Waals surface area contributed by atoms with Crippen LogP contribution in [0.5, 0.6) is 11.5 Å². The van der Waals surface area contributed by atoms with Gasteiger partial charge in [0.1, 0.15) is 13.2 Å². The number of hydrogen-bond donors (Lipinski definition) is 0. The van der Waals surface area contributed by atoms with E-state index in [1.165, 1.54) is 16.4 Å². The van der Waals surface area contributed by atoms with Crippen LogP contribution in [-0.2, 0) is 14.8 Å². The zero-order chi connectivity index (χ0) is 17.9. The summed E-state index contributed by atoms with van der Waals surface area (Å²) < 4.78 is 38.0. The lowest BCUT2D eigenvalue weighted by Gasteiger charge is -2.29. The summed E-state index contributed by atoms with van der Waals surface area (Å²) in [6, 6.07) is 4.57. The van der Waals surface area contributed by atoms with Crippen LogP contribution in [0.15, 0.2) is 23.1 Å². The molecule has 1 aromatic rings. The first-order valence-electron chi connectivity index (χ1n) is 8.70. The minimum absolute atomic E-state index is 0.116. The molecule has 138 valence electrons. The summed E-state index contributed by atoms with van der Waals surface area (Å²) in [6.45, 7) is 4.09. The minimum Gasteiger partial charge on any atom is -0.486 e. The van der Waals surface area contributed by atoms with E-state index in [1.807, 2.05) is 0 Å². The van der Waals surface area contributed by atoms with Crippen molar-refractivity contribution < 1.29 is 22.7 Å². The van der Waals surface area contributed by atoms with E-state index in [2.05, 4.69) is 0 Å². The van der Waals surface area contributed by atoms with E-state index >= 15 is 0 Å². The number of ether oxygens (including phenoxy) is 2. The first-order chi connectivity index (χ1) is 12.0. The van der Waals surface area contributed by atoms with Crippen LogP contribution >= 0.6 is 0 Å². The highest BCUT2D eigenvalue weighted by molar-refractivity contribution is 7.89. The molecule has 0 N–H and O–H groups in total. The summed E-state index contributed by atoms with van der Waals surface area (Å²) in [7, 11) is -3.77. The Labute approximate surface area is 148 Å². The molecule has 1 saturated heterocycles. The molecule has 2 aliphatic rings. The van der Waals surface area contributed by atoms with Crippen molar-refractivity contribution in [2.75, 3.05) is 39.4 Å². The van der Waals surface area contributed by atoms with E-state index in [-0.39, 0.29) is 23.9 Å². The van der Waals surface area contributed by atoms with E-state index in [9.17, 15) is 13.2 Å². The van der Waals surface area contributed by atoms with Gasteiger partial charge in [0.15, 0.2) is 11.5 Å². The monoisotopic (exact) mass is 368 g/mol. The number of sulfonamides is 1. The van der Waals surface area contributed by atoms with Gasteiger partial charge >= 0.3 is 0 Å². The third-order valence-electron chi connectivity index (χ3n) is 4.52. The number of piperidine rings is 1. The number of fused-ring (bicyclic) bond motifs is 1.